The Kier molecular flexibility index (Phi) is 4.86. The molecule has 4 heterocycles. The number of fused-ring (bicyclic) bond motifs is 1. The van der Waals surface area contributed by atoms with Crippen molar-refractivity contribution in [3.63, 3.8) is 0 Å². The van der Waals surface area contributed by atoms with Crippen LogP contribution in [-0.2, 0) is 5.60 Å². The summed E-state index contributed by atoms with van der Waals surface area (Å²) in [6.07, 6.45) is 5.66. The highest BCUT2D eigenvalue weighted by Crippen LogP contribution is 2.30. The third kappa shape index (κ3) is 3.63. The molecule has 1 atom stereocenters. The summed E-state index contributed by atoms with van der Waals surface area (Å²) in [7, 11) is 1.55. The van der Waals surface area contributed by atoms with Crippen LogP contribution in [-0.4, -0.2) is 55.9 Å². The molecular weight excluding hydrogens is 358 g/mol. The molecule has 9 nitrogen and oxygen atoms in total. The van der Waals surface area contributed by atoms with E-state index in [4.69, 9.17) is 4.74 Å². The zero-order chi connectivity index (χ0) is 19.7. The predicted octanol–water partition coefficient (Wildman–Crippen LogP) is 1.59. The molecule has 0 aliphatic carbocycles. The molecule has 1 saturated heterocycles. The fourth-order valence-electron chi connectivity index (χ4n) is 3.38. The molecule has 9 heteroatoms. The lowest BCUT2D eigenvalue weighted by Gasteiger charge is -2.23. The first-order chi connectivity index (χ1) is 13.5. The zero-order valence-electron chi connectivity index (χ0n) is 16.3. The summed E-state index contributed by atoms with van der Waals surface area (Å²) in [6, 6.07) is 3.90. The van der Waals surface area contributed by atoms with Crippen molar-refractivity contribution in [3.05, 3.63) is 30.2 Å². The Morgan fingerprint density at radius 2 is 2.21 bits per heavy atom. The molecule has 0 aromatic carbocycles. The first-order valence-electron chi connectivity index (χ1n) is 9.42. The minimum atomic E-state index is -1.16. The van der Waals surface area contributed by atoms with Crippen LogP contribution in [0.4, 0.5) is 5.95 Å². The lowest BCUT2D eigenvalue weighted by Crippen LogP contribution is -2.38. The third-order valence-electron chi connectivity index (χ3n) is 4.81. The van der Waals surface area contributed by atoms with Crippen LogP contribution in [0, 0.1) is 0 Å². The van der Waals surface area contributed by atoms with Crippen molar-refractivity contribution in [3.8, 4) is 17.1 Å². The molecule has 148 valence electrons. The Morgan fingerprint density at radius 3 is 2.93 bits per heavy atom. The van der Waals surface area contributed by atoms with Gasteiger partial charge in [-0.05, 0) is 39.3 Å². The fourth-order valence-corrected chi connectivity index (χ4v) is 3.38. The quantitative estimate of drug-likeness (QED) is 0.609. The number of aliphatic hydroxyl groups is 1. The van der Waals surface area contributed by atoms with Gasteiger partial charge in [0.05, 0.1) is 19.0 Å². The second kappa shape index (κ2) is 7.33. The van der Waals surface area contributed by atoms with Gasteiger partial charge in [-0.1, -0.05) is 0 Å². The SMILES string of the molecule is COc1cc2ncc(-c3ccnc(NC4CCCNC4)n3)n2nc1C(C)(C)O. The van der Waals surface area contributed by atoms with Gasteiger partial charge < -0.3 is 20.5 Å². The maximum Gasteiger partial charge on any atom is 0.223 e. The van der Waals surface area contributed by atoms with E-state index < -0.39 is 5.60 Å². The highest BCUT2D eigenvalue weighted by molar-refractivity contribution is 5.61. The summed E-state index contributed by atoms with van der Waals surface area (Å²) in [5, 5.41) is 21.8. The topological polar surface area (TPSA) is 109 Å². The molecule has 0 saturated carbocycles. The molecule has 1 unspecified atom stereocenters. The van der Waals surface area contributed by atoms with Gasteiger partial charge in [0.2, 0.25) is 5.95 Å². The highest BCUT2D eigenvalue weighted by Gasteiger charge is 2.25. The predicted molar refractivity (Wildman–Crippen MR) is 105 cm³/mol. The molecule has 28 heavy (non-hydrogen) atoms. The number of rotatable bonds is 5. The standard InChI is InChI=1S/C19H25N7O2/c1-19(2,27)17-15(28-3)9-16-22-11-14(26(16)25-17)13-6-8-21-18(24-13)23-12-5-4-7-20-10-12/h6,8-9,11-12,20,27H,4-5,7,10H2,1-3H3,(H,21,23,24). The molecule has 1 aliphatic rings. The number of methoxy groups -OCH3 is 1. The van der Waals surface area contributed by atoms with Crippen LogP contribution in [0.25, 0.3) is 17.0 Å². The maximum absolute atomic E-state index is 10.5. The van der Waals surface area contributed by atoms with Crippen molar-refractivity contribution in [1.82, 2.24) is 29.9 Å². The van der Waals surface area contributed by atoms with Gasteiger partial charge in [-0.3, -0.25) is 0 Å². The van der Waals surface area contributed by atoms with Crippen LogP contribution in [0.2, 0.25) is 0 Å². The fraction of sp³-hybridized carbons (Fsp3) is 0.474. The van der Waals surface area contributed by atoms with E-state index in [1.54, 1.807) is 43.9 Å². The van der Waals surface area contributed by atoms with Gasteiger partial charge >= 0.3 is 0 Å². The Morgan fingerprint density at radius 1 is 1.36 bits per heavy atom. The van der Waals surface area contributed by atoms with Crippen LogP contribution in [0.1, 0.15) is 32.4 Å². The lowest BCUT2D eigenvalue weighted by atomic mass is 10.0. The summed E-state index contributed by atoms with van der Waals surface area (Å²) in [6.45, 7) is 5.30. The van der Waals surface area contributed by atoms with E-state index in [0.717, 1.165) is 31.6 Å². The number of piperidine rings is 1. The zero-order valence-corrected chi connectivity index (χ0v) is 16.3. The largest absolute Gasteiger partial charge is 0.495 e. The van der Waals surface area contributed by atoms with Gasteiger partial charge in [0, 0.05) is 24.8 Å². The van der Waals surface area contributed by atoms with E-state index in [2.05, 4.69) is 30.7 Å². The molecule has 3 aromatic rings. The monoisotopic (exact) mass is 383 g/mol. The maximum atomic E-state index is 10.5. The number of anilines is 1. The molecular formula is C19H25N7O2. The van der Waals surface area contributed by atoms with Gasteiger partial charge in [-0.25, -0.2) is 19.5 Å². The first-order valence-corrected chi connectivity index (χ1v) is 9.42. The summed E-state index contributed by atoms with van der Waals surface area (Å²) in [4.78, 5) is 13.4. The molecule has 1 aliphatic heterocycles. The number of nitrogens with one attached hydrogen (secondary N) is 2. The molecule has 0 amide bonds. The van der Waals surface area contributed by atoms with Crippen LogP contribution in [0.3, 0.4) is 0 Å². The second-order valence-corrected chi connectivity index (χ2v) is 7.49. The van der Waals surface area contributed by atoms with Gasteiger partial charge in [0.25, 0.3) is 0 Å². The second-order valence-electron chi connectivity index (χ2n) is 7.49. The summed E-state index contributed by atoms with van der Waals surface area (Å²) < 4.78 is 7.05. The van der Waals surface area contributed by atoms with Crippen molar-refractivity contribution in [2.75, 3.05) is 25.5 Å². The molecule has 3 N–H and O–H groups in total. The van der Waals surface area contributed by atoms with E-state index in [1.165, 1.54) is 0 Å². The van der Waals surface area contributed by atoms with Gasteiger partial charge in [-0.15, -0.1) is 0 Å². The molecule has 0 spiro atoms. The van der Waals surface area contributed by atoms with Crippen LogP contribution >= 0.6 is 0 Å². The van der Waals surface area contributed by atoms with E-state index in [0.29, 0.717) is 34.8 Å². The third-order valence-corrected chi connectivity index (χ3v) is 4.81. The Hall–Kier alpha value is -2.78. The van der Waals surface area contributed by atoms with Crippen LogP contribution in [0.5, 0.6) is 5.75 Å². The number of aromatic nitrogens is 5. The van der Waals surface area contributed by atoms with E-state index in [9.17, 15) is 5.11 Å². The normalized spacial score (nSPS) is 17.6. The van der Waals surface area contributed by atoms with Crippen LogP contribution in [0.15, 0.2) is 24.5 Å². The molecule has 0 radical (unpaired) electrons. The van der Waals surface area contributed by atoms with Crippen molar-refractivity contribution >= 4 is 11.6 Å². The van der Waals surface area contributed by atoms with Crippen LogP contribution < -0.4 is 15.4 Å². The first kappa shape index (κ1) is 18.6. The van der Waals surface area contributed by atoms with Crippen molar-refractivity contribution in [2.24, 2.45) is 0 Å². The number of imidazole rings is 1. The van der Waals surface area contributed by atoms with E-state index in [1.807, 2.05) is 6.07 Å². The number of ether oxygens (including phenoxy) is 1. The van der Waals surface area contributed by atoms with Gasteiger partial charge in [0.1, 0.15) is 22.7 Å². The molecule has 1 fully saturated rings. The summed E-state index contributed by atoms with van der Waals surface area (Å²) in [5.74, 6) is 1.07. The summed E-state index contributed by atoms with van der Waals surface area (Å²) in [5.41, 5.74) is 1.31. The Balaban J connectivity index is 1.72. The molecule has 4 rings (SSSR count). The van der Waals surface area contributed by atoms with Crippen molar-refractivity contribution < 1.29 is 9.84 Å². The lowest BCUT2D eigenvalue weighted by molar-refractivity contribution is 0.0694. The Bertz CT molecular complexity index is 974. The Labute approximate surface area is 163 Å². The summed E-state index contributed by atoms with van der Waals surface area (Å²) >= 11 is 0. The average Bonchev–Trinajstić information content (AvgIpc) is 3.10. The number of nitrogens with zero attached hydrogens (tertiary/aromatic N) is 5. The average molecular weight is 383 g/mol. The smallest absolute Gasteiger partial charge is 0.223 e. The van der Waals surface area contributed by atoms with Crippen molar-refractivity contribution in [1.29, 1.82) is 0 Å². The van der Waals surface area contributed by atoms with Crippen molar-refractivity contribution in [2.45, 2.75) is 38.3 Å². The minimum absolute atomic E-state index is 0.315. The van der Waals surface area contributed by atoms with Gasteiger partial charge in [-0.2, -0.15) is 5.10 Å². The highest BCUT2D eigenvalue weighted by atomic mass is 16.5. The minimum Gasteiger partial charge on any atom is -0.495 e. The number of hydrogen-bond donors (Lipinski definition) is 3. The molecule has 0 bridgehead atoms. The van der Waals surface area contributed by atoms with E-state index >= 15 is 0 Å². The van der Waals surface area contributed by atoms with E-state index in [-0.39, 0.29) is 0 Å². The molecule has 3 aromatic heterocycles. The van der Waals surface area contributed by atoms with Gasteiger partial charge in [0.15, 0.2) is 5.65 Å². The number of hydrogen-bond acceptors (Lipinski definition) is 8.